The van der Waals surface area contributed by atoms with Gasteiger partial charge in [0, 0.05) is 49.5 Å². The van der Waals surface area contributed by atoms with Crippen molar-refractivity contribution in [3.8, 4) is 67.9 Å². The van der Waals surface area contributed by atoms with Gasteiger partial charge in [0.2, 0.25) is 0 Å². The minimum Gasteiger partial charge on any atom is -0.455 e. The lowest BCUT2D eigenvalue weighted by Gasteiger charge is -2.09. The van der Waals surface area contributed by atoms with Crippen LogP contribution in [0.4, 0.5) is 0 Å². The zero-order valence-electron chi connectivity index (χ0n) is 29.8. The number of fused-ring (bicyclic) bond motifs is 6. The number of benzene rings is 7. The van der Waals surface area contributed by atoms with Crippen molar-refractivity contribution in [2.45, 2.75) is 0 Å². The molecule has 11 aromatic rings. The molecule has 0 unspecified atom stereocenters. The van der Waals surface area contributed by atoms with E-state index in [1.54, 1.807) is 0 Å². The summed E-state index contributed by atoms with van der Waals surface area (Å²) in [5.74, 6) is 2.47. The Bertz CT molecular complexity index is 3170. The smallest absolute Gasteiger partial charge is 0.180 e. The Labute approximate surface area is 320 Å². The summed E-state index contributed by atoms with van der Waals surface area (Å²) < 4.78 is 13.0. The molecule has 0 atom stereocenters. The molecule has 7 aromatic carbocycles. The van der Waals surface area contributed by atoms with Crippen molar-refractivity contribution in [1.82, 2.24) is 24.9 Å². The predicted molar refractivity (Wildman–Crippen MR) is 223 cm³/mol. The molecule has 0 saturated heterocycles. The van der Waals surface area contributed by atoms with Gasteiger partial charge in [-0.05, 0) is 29.8 Å². The molecule has 262 valence electrons. The molecule has 0 radical (unpaired) electrons. The molecule has 11 rings (SSSR count). The first-order valence-electron chi connectivity index (χ1n) is 18.4. The lowest BCUT2D eigenvalue weighted by atomic mass is 10.0. The van der Waals surface area contributed by atoms with Gasteiger partial charge in [0.1, 0.15) is 28.0 Å². The molecular weight excluding hydrogens is 691 g/mol. The zero-order chi connectivity index (χ0) is 37.0. The fourth-order valence-corrected chi connectivity index (χ4v) is 7.41. The van der Waals surface area contributed by atoms with Crippen molar-refractivity contribution < 1.29 is 8.83 Å². The van der Waals surface area contributed by atoms with Gasteiger partial charge in [-0.15, -0.1) is 0 Å². The molecule has 56 heavy (non-hydrogen) atoms. The quantitative estimate of drug-likeness (QED) is 0.169. The minimum atomic E-state index is 0.602. The van der Waals surface area contributed by atoms with Crippen molar-refractivity contribution in [3.63, 3.8) is 0 Å². The van der Waals surface area contributed by atoms with E-state index in [1.807, 2.05) is 121 Å². The molecule has 0 aliphatic carbocycles. The summed E-state index contributed by atoms with van der Waals surface area (Å²) in [6.45, 7) is 0. The van der Waals surface area contributed by atoms with Crippen LogP contribution in [0.25, 0.3) is 112 Å². The van der Waals surface area contributed by atoms with Gasteiger partial charge in [-0.25, -0.2) is 24.9 Å². The largest absolute Gasteiger partial charge is 0.455 e. The van der Waals surface area contributed by atoms with E-state index in [1.165, 1.54) is 0 Å². The van der Waals surface area contributed by atoms with Gasteiger partial charge in [-0.3, -0.25) is 0 Å². The number of para-hydroxylation sites is 2. The van der Waals surface area contributed by atoms with Crippen LogP contribution in [0.5, 0.6) is 0 Å². The van der Waals surface area contributed by atoms with Crippen molar-refractivity contribution in [3.05, 3.63) is 176 Å². The maximum atomic E-state index is 6.70. The van der Waals surface area contributed by atoms with Crippen LogP contribution in [0.3, 0.4) is 0 Å². The van der Waals surface area contributed by atoms with Crippen LogP contribution in [0.2, 0.25) is 0 Å². The second-order valence-electron chi connectivity index (χ2n) is 13.6. The molecule has 0 amide bonds. The molecule has 7 nitrogen and oxygen atoms in total. The average Bonchev–Trinajstić information content (AvgIpc) is 3.85. The maximum absolute atomic E-state index is 6.70. The monoisotopic (exact) mass is 719 g/mol. The Morgan fingerprint density at radius 2 is 0.821 bits per heavy atom. The van der Waals surface area contributed by atoms with Gasteiger partial charge in [0.15, 0.2) is 28.9 Å². The molecule has 0 aliphatic heterocycles. The summed E-state index contributed by atoms with van der Waals surface area (Å²) in [4.78, 5) is 24.8. The van der Waals surface area contributed by atoms with E-state index in [-0.39, 0.29) is 0 Å². The first-order valence-corrected chi connectivity index (χ1v) is 18.4. The van der Waals surface area contributed by atoms with Crippen LogP contribution in [0.15, 0.2) is 185 Å². The van der Waals surface area contributed by atoms with E-state index < -0.39 is 0 Å². The number of furan rings is 2. The lowest BCUT2D eigenvalue weighted by Crippen LogP contribution is -2.00. The van der Waals surface area contributed by atoms with E-state index in [4.69, 9.17) is 33.8 Å². The van der Waals surface area contributed by atoms with E-state index in [2.05, 4.69) is 54.6 Å². The Hall–Kier alpha value is -7.77. The van der Waals surface area contributed by atoms with Crippen molar-refractivity contribution in [1.29, 1.82) is 0 Å². The van der Waals surface area contributed by atoms with E-state index >= 15 is 0 Å². The fourth-order valence-electron chi connectivity index (χ4n) is 7.41. The molecule has 0 N–H and O–H groups in total. The second kappa shape index (κ2) is 13.0. The number of nitrogens with zero attached hydrogens (tertiary/aromatic N) is 5. The third-order valence-electron chi connectivity index (χ3n) is 10.2. The van der Waals surface area contributed by atoms with Crippen LogP contribution in [0, 0.1) is 0 Å². The highest BCUT2D eigenvalue weighted by molar-refractivity contribution is 6.11. The molecule has 0 saturated carbocycles. The van der Waals surface area contributed by atoms with Crippen LogP contribution >= 0.6 is 0 Å². The van der Waals surface area contributed by atoms with E-state index in [9.17, 15) is 0 Å². The summed E-state index contributed by atoms with van der Waals surface area (Å²) >= 11 is 0. The Morgan fingerprint density at radius 3 is 1.50 bits per heavy atom. The third kappa shape index (κ3) is 5.41. The van der Waals surface area contributed by atoms with Gasteiger partial charge in [-0.1, -0.05) is 152 Å². The van der Waals surface area contributed by atoms with Gasteiger partial charge >= 0.3 is 0 Å². The maximum Gasteiger partial charge on any atom is 0.180 e. The van der Waals surface area contributed by atoms with Gasteiger partial charge in [-0.2, -0.15) is 0 Å². The van der Waals surface area contributed by atoms with Gasteiger partial charge in [0.25, 0.3) is 0 Å². The first-order chi connectivity index (χ1) is 27.7. The number of hydrogen-bond donors (Lipinski definition) is 0. The molecule has 0 bridgehead atoms. The number of aromatic nitrogens is 5. The van der Waals surface area contributed by atoms with E-state index in [0.717, 1.165) is 83.1 Å². The fraction of sp³-hybridized carbons (Fsp3) is 0. The Kier molecular flexibility index (Phi) is 7.35. The third-order valence-corrected chi connectivity index (χ3v) is 10.2. The van der Waals surface area contributed by atoms with Crippen LogP contribution in [0.1, 0.15) is 0 Å². The van der Waals surface area contributed by atoms with Crippen molar-refractivity contribution >= 4 is 44.0 Å². The molecule has 4 heterocycles. The lowest BCUT2D eigenvalue weighted by molar-refractivity contribution is 0.667. The minimum absolute atomic E-state index is 0.602. The van der Waals surface area contributed by atoms with Gasteiger partial charge in [0.05, 0.1) is 0 Å². The number of rotatable bonds is 6. The molecule has 7 heteroatoms. The van der Waals surface area contributed by atoms with Crippen LogP contribution in [-0.4, -0.2) is 24.9 Å². The Balaban J connectivity index is 0.992. The Morgan fingerprint density at radius 1 is 0.304 bits per heavy atom. The van der Waals surface area contributed by atoms with Crippen LogP contribution < -0.4 is 0 Å². The van der Waals surface area contributed by atoms with E-state index in [0.29, 0.717) is 28.9 Å². The highest BCUT2D eigenvalue weighted by Gasteiger charge is 2.20. The highest BCUT2D eigenvalue weighted by Crippen LogP contribution is 2.39. The van der Waals surface area contributed by atoms with Crippen molar-refractivity contribution in [2.75, 3.05) is 0 Å². The zero-order valence-corrected chi connectivity index (χ0v) is 29.8. The number of hydrogen-bond acceptors (Lipinski definition) is 7. The summed E-state index contributed by atoms with van der Waals surface area (Å²) in [6.07, 6.45) is 0. The summed E-state index contributed by atoms with van der Waals surface area (Å²) in [5.41, 5.74) is 11.1. The van der Waals surface area contributed by atoms with Gasteiger partial charge < -0.3 is 8.83 Å². The molecular formula is C49H29N5O2. The molecule has 0 fully saturated rings. The summed E-state index contributed by atoms with van der Waals surface area (Å²) in [7, 11) is 0. The molecule has 0 aliphatic rings. The molecule has 0 spiro atoms. The summed E-state index contributed by atoms with van der Waals surface area (Å²) in [6, 6.07) is 58.9. The predicted octanol–water partition coefficient (Wildman–Crippen LogP) is 12.5. The molecule has 4 aromatic heterocycles. The SMILES string of the molecule is c1ccc(-c2nc(-c3ccccc3)nc(-c3ccc(-c4cccc5c4oc4cc(-c6nc(-c7ccccc7)c7oc8ccccc8c7n6)ccc45)cc3)n2)cc1. The van der Waals surface area contributed by atoms with Crippen LogP contribution in [-0.2, 0) is 0 Å². The second-order valence-corrected chi connectivity index (χ2v) is 13.6. The average molecular weight is 720 g/mol. The highest BCUT2D eigenvalue weighted by atomic mass is 16.3. The topological polar surface area (TPSA) is 90.7 Å². The standard InChI is InChI=1S/C49H29N5O2/c1-4-13-31(14-5-1)42-45-43(39-19-10-11-22-40(39)55-45)51-49(50-42)35-27-28-37-38-21-12-20-36(44(38)56-41(37)29-35)30-23-25-34(26-24-30)48-53-46(32-15-6-2-7-16-32)52-47(54-48)33-17-8-3-9-18-33/h1-29H. The normalized spacial score (nSPS) is 11.6. The first kappa shape index (κ1) is 31.7. The summed E-state index contributed by atoms with van der Waals surface area (Å²) in [5, 5.41) is 3.01. The van der Waals surface area contributed by atoms with Crippen molar-refractivity contribution in [2.24, 2.45) is 0 Å².